The van der Waals surface area contributed by atoms with Crippen LogP contribution in [0.1, 0.15) is 29.8 Å². The standard InChI is InChI=1S/C15H18N4O3S/c1-10-17-18-15(22-10)13-8-12(9-16-13)23(20,21)19-7-6-11-4-2-3-5-14(11)19/h2-5,12-13,16H,6-9H2,1H3. The lowest BCUT2D eigenvalue weighted by Gasteiger charge is -2.23. The van der Waals surface area contributed by atoms with Crippen LogP contribution in [0.5, 0.6) is 0 Å². The molecule has 7 nitrogen and oxygen atoms in total. The van der Waals surface area contributed by atoms with Crippen LogP contribution in [-0.2, 0) is 16.4 Å². The zero-order valence-electron chi connectivity index (χ0n) is 12.8. The maximum absolute atomic E-state index is 13.0. The largest absolute Gasteiger partial charge is 0.424 e. The van der Waals surface area contributed by atoms with Crippen LogP contribution in [0.15, 0.2) is 28.7 Å². The first-order valence-corrected chi connectivity index (χ1v) is 9.19. The molecule has 2 aliphatic heterocycles. The van der Waals surface area contributed by atoms with E-state index in [1.807, 2.05) is 24.3 Å². The minimum Gasteiger partial charge on any atom is -0.424 e. The topological polar surface area (TPSA) is 88.3 Å². The number of hydrogen-bond acceptors (Lipinski definition) is 6. The Hall–Kier alpha value is -1.93. The Balaban J connectivity index is 1.56. The molecule has 4 rings (SSSR count). The number of nitrogens with zero attached hydrogens (tertiary/aromatic N) is 3. The summed E-state index contributed by atoms with van der Waals surface area (Å²) in [6.07, 6.45) is 1.21. The fourth-order valence-corrected chi connectivity index (χ4v) is 5.22. The van der Waals surface area contributed by atoms with E-state index in [4.69, 9.17) is 4.42 Å². The van der Waals surface area contributed by atoms with Gasteiger partial charge in [-0.25, -0.2) is 8.42 Å². The molecule has 0 radical (unpaired) electrons. The molecule has 23 heavy (non-hydrogen) atoms. The Morgan fingerprint density at radius 2 is 2.13 bits per heavy atom. The Morgan fingerprint density at radius 1 is 1.30 bits per heavy atom. The van der Waals surface area contributed by atoms with Gasteiger partial charge in [-0.15, -0.1) is 10.2 Å². The third-order valence-corrected chi connectivity index (χ3v) is 6.70. The summed E-state index contributed by atoms with van der Waals surface area (Å²) in [4.78, 5) is 0. The minimum absolute atomic E-state index is 0.200. The monoisotopic (exact) mass is 334 g/mol. The number of hydrogen-bond donors (Lipinski definition) is 1. The second-order valence-corrected chi connectivity index (χ2v) is 8.11. The summed E-state index contributed by atoms with van der Waals surface area (Å²) in [6.45, 7) is 2.64. The molecule has 1 fully saturated rings. The van der Waals surface area contributed by atoms with Crippen molar-refractivity contribution >= 4 is 15.7 Å². The number of rotatable bonds is 3. The molecule has 1 N–H and O–H groups in total. The normalized spacial score (nSPS) is 24.1. The number of sulfonamides is 1. The molecule has 2 atom stereocenters. The molecular weight excluding hydrogens is 316 g/mol. The van der Waals surface area contributed by atoms with Crippen LogP contribution < -0.4 is 9.62 Å². The maximum atomic E-state index is 13.0. The summed E-state index contributed by atoms with van der Waals surface area (Å²) in [6, 6.07) is 7.49. The van der Waals surface area contributed by atoms with E-state index in [0.29, 0.717) is 31.3 Å². The highest BCUT2D eigenvalue weighted by Gasteiger charge is 2.41. The fraction of sp³-hybridized carbons (Fsp3) is 0.467. The van der Waals surface area contributed by atoms with Gasteiger partial charge in [0.15, 0.2) is 0 Å². The molecule has 2 aliphatic rings. The number of benzene rings is 1. The first-order chi connectivity index (χ1) is 11.1. The van der Waals surface area contributed by atoms with Gasteiger partial charge in [0.2, 0.25) is 21.8 Å². The van der Waals surface area contributed by atoms with Crippen molar-refractivity contribution in [1.29, 1.82) is 0 Å². The summed E-state index contributed by atoms with van der Waals surface area (Å²) >= 11 is 0. The number of anilines is 1. The third kappa shape index (κ3) is 2.42. The second-order valence-electron chi connectivity index (χ2n) is 5.97. The lowest BCUT2D eigenvalue weighted by molar-refractivity contribution is 0.413. The smallest absolute Gasteiger partial charge is 0.239 e. The van der Waals surface area contributed by atoms with Crippen LogP contribution in [0.3, 0.4) is 0 Å². The van der Waals surface area contributed by atoms with E-state index in [0.717, 1.165) is 17.7 Å². The highest BCUT2D eigenvalue weighted by Crippen LogP contribution is 2.34. The molecule has 1 aromatic heterocycles. The van der Waals surface area contributed by atoms with Gasteiger partial charge in [0, 0.05) is 20.0 Å². The Kier molecular flexibility index (Phi) is 3.38. The third-order valence-electron chi connectivity index (χ3n) is 4.50. The van der Waals surface area contributed by atoms with E-state index in [2.05, 4.69) is 15.5 Å². The number of fused-ring (bicyclic) bond motifs is 1. The van der Waals surface area contributed by atoms with Crippen LogP contribution in [0.4, 0.5) is 5.69 Å². The molecule has 1 saturated heterocycles. The summed E-state index contributed by atoms with van der Waals surface area (Å²) < 4.78 is 33.0. The summed E-state index contributed by atoms with van der Waals surface area (Å²) in [7, 11) is -3.40. The molecule has 8 heteroatoms. The Bertz CT molecular complexity index is 833. The Labute approximate surface area is 134 Å². The number of nitrogens with one attached hydrogen (secondary N) is 1. The first-order valence-electron chi connectivity index (χ1n) is 7.68. The van der Waals surface area contributed by atoms with E-state index in [1.54, 1.807) is 11.2 Å². The van der Waals surface area contributed by atoms with Gasteiger partial charge in [0.05, 0.1) is 17.0 Å². The number of aryl methyl sites for hydroxylation is 1. The lowest BCUT2D eigenvalue weighted by atomic mass is 10.2. The molecule has 0 aliphatic carbocycles. The van der Waals surface area contributed by atoms with E-state index in [1.165, 1.54) is 0 Å². The van der Waals surface area contributed by atoms with E-state index in [9.17, 15) is 8.42 Å². The molecule has 0 bridgehead atoms. The fourth-order valence-electron chi connectivity index (χ4n) is 3.32. The van der Waals surface area contributed by atoms with Crippen molar-refractivity contribution in [2.45, 2.75) is 31.1 Å². The highest BCUT2D eigenvalue weighted by molar-refractivity contribution is 7.93. The predicted molar refractivity (Wildman–Crippen MR) is 84.6 cm³/mol. The summed E-state index contributed by atoms with van der Waals surface area (Å²) in [5.74, 6) is 0.948. The zero-order valence-corrected chi connectivity index (χ0v) is 13.6. The van der Waals surface area contributed by atoms with Crippen molar-refractivity contribution in [2.75, 3.05) is 17.4 Å². The van der Waals surface area contributed by atoms with Crippen molar-refractivity contribution < 1.29 is 12.8 Å². The van der Waals surface area contributed by atoms with Crippen LogP contribution in [-0.4, -0.2) is 37.0 Å². The Morgan fingerprint density at radius 3 is 2.91 bits per heavy atom. The SMILES string of the molecule is Cc1nnc(C2CC(S(=O)(=O)N3CCc4ccccc43)CN2)o1. The molecule has 0 amide bonds. The summed E-state index contributed by atoms with van der Waals surface area (Å²) in [5.41, 5.74) is 1.90. The van der Waals surface area contributed by atoms with Gasteiger partial charge < -0.3 is 9.73 Å². The maximum Gasteiger partial charge on any atom is 0.239 e. The molecule has 2 aromatic rings. The van der Waals surface area contributed by atoms with Gasteiger partial charge in [-0.05, 0) is 24.5 Å². The van der Waals surface area contributed by atoms with Gasteiger partial charge in [0.25, 0.3) is 0 Å². The molecule has 2 unspecified atom stereocenters. The molecule has 1 aromatic carbocycles. The molecular formula is C15H18N4O3S. The minimum atomic E-state index is -3.40. The van der Waals surface area contributed by atoms with Crippen LogP contribution in [0, 0.1) is 6.92 Å². The predicted octanol–water partition coefficient (Wildman–Crippen LogP) is 1.17. The van der Waals surface area contributed by atoms with E-state index >= 15 is 0 Å². The van der Waals surface area contributed by atoms with Crippen LogP contribution in [0.25, 0.3) is 0 Å². The van der Waals surface area contributed by atoms with Gasteiger partial charge in [0.1, 0.15) is 0 Å². The van der Waals surface area contributed by atoms with Gasteiger partial charge >= 0.3 is 0 Å². The van der Waals surface area contributed by atoms with Crippen molar-refractivity contribution in [2.24, 2.45) is 0 Å². The molecule has 0 saturated carbocycles. The van der Waals surface area contributed by atoms with Crippen molar-refractivity contribution in [3.63, 3.8) is 0 Å². The summed E-state index contributed by atoms with van der Waals surface area (Å²) in [5, 5.41) is 10.5. The van der Waals surface area contributed by atoms with Gasteiger partial charge in [-0.2, -0.15) is 0 Å². The first kappa shape index (κ1) is 14.6. The highest BCUT2D eigenvalue weighted by atomic mass is 32.2. The average Bonchev–Trinajstić information content (AvgIpc) is 3.25. The van der Waals surface area contributed by atoms with Crippen molar-refractivity contribution in [1.82, 2.24) is 15.5 Å². The number of aromatic nitrogens is 2. The van der Waals surface area contributed by atoms with Gasteiger partial charge in [-0.3, -0.25) is 4.31 Å². The van der Waals surface area contributed by atoms with Crippen LogP contribution in [0.2, 0.25) is 0 Å². The second kappa shape index (κ2) is 5.31. The molecule has 122 valence electrons. The van der Waals surface area contributed by atoms with E-state index in [-0.39, 0.29) is 6.04 Å². The van der Waals surface area contributed by atoms with Crippen molar-refractivity contribution in [3.8, 4) is 0 Å². The van der Waals surface area contributed by atoms with Crippen LogP contribution >= 0.6 is 0 Å². The quantitative estimate of drug-likeness (QED) is 0.906. The molecule has 3 heterocycles. The lowest BCUT2D eigenvalue weighted by Crippen LogP contribution is -2.38. The number of para-hydroxylation sites is 1. The zero-order chi connectivity index (χ0) is 16.0. The van der Waals surface area contributed by atoms with Gasteiger partial charge in [-0.1, -0.05) is 18.2 Å². The molecule has 0 spiro atoms. The van der Waals surface area contributed by atoms with E-state index < -0.39 is 15.3 Å². The van der Waals surface area contributed by atoms with Crippen molar-refractivity contribution in [3.05, 3.63) is 41.6 Å². The average molecular weight is 334 g/mol.